The Balaban J connectivity index is 1.20. The van der Waals surface area contributed by atoms with Gasteiger partial charge in [-0.25, -0.2) is 0 Å². The van der Waals surface area contributed by atoms with Crippen LogP contribution in [0, 0.1) is 28.6 Å². The van der Waals surface area contributed by atoms with E-state index in [1.165, 1.54) is 5.57 Å². The van der Waals surface area contributed by atoms with Crippen LogP contribution in [0.5, 0.6) is 5.75 Å². The lowest BCUT2D eigenvalue weighted by Gasteiger charge is -2.60. The van der Waals surface area contributed by atoms with Gasteiger partial charge in [0.15, 0.2) is 12.4 Å². The maximum atomic E-state index is 12.6. The molecule has 0 bridgehead atoms. The number of phenolic OH excluding ortho intramolecular Hbond substituents is 1. The summed E-state index contributed by atoms with van der Waals surface area (Å²) in [6.07, 6.45) is 6.66. The van der Waals surface area contributed by atoms with Gasteiger partial charge in [0, 0.05) is 12.0 Å². The molecule has 4 aliphatic rings. The van der Waals surface area contributed by atoms with Crippen LogP contribution in [-0.2, 0) is 20.8 Å². The number of Topliss-reactive ketones (excluding diaryl/α,β-unsaturated/α-hetero) is 1. The number of nitrogens with one attached hydrogen (secondary N) is 1. The van der Waals surface area contributed by atoms with Crippen LogP contribution in [0.3, 0.4) is 0 Å². The molecule has 0 aliphatic heterocycles. The van der Waals surface area contributed by atoms with Gasteiger partial charge in [-0.15, -0.1) is 0 Å². The molecule has 0 saturated heterocycles. The van der Waals surface area contributed by atoms with Crippen LogP contribution < -0.4 is 5.32 Å². The zero-order valence-electron chi connectivity index (χ0n) is 23.4. The van der Waals surface area contributed by atoms with E-state index in [-0.39, 0.29) is 41.4 Å². The Kier molecular flexibility index (Phi) is 7.85. The average molecular weight is 555 g/mol. The summed E-state index contributed by atoms with van der Waals surface area (Å²) >= 11 is 0. The van der Waals surface area contributed by atoms with Gasteiger partial charge in [-0.05, 0) is 98.3 Å². The van der Waals surface area contributed by atoms with Crippen molar-refractivity contribution in [2.24, 2.45) is 33.7 Å². The number of hydrogen-bond donors (Lipinski definition) is 5. The second-order valence-corrected chi connectivity index (χ2v) is 12.7. The topological polar surface area (TPSA) is 149 Å². The van der Waals surface area contributed by atoms with Crippen molar-refractivity contribution < 1.29 is 34.9 Å². The van der Waals surface area contributed by atoms with Crippen molar-refractivity contribution in [3.05, 3.63) is 41.5 Å². The largest absolute Gasteiger partial charge is 0.508 e. The van der Waals surface area contributed by atoms with Crippen LogP contribution in [-0.4, -0.2) is 69.3 Å². The number of rotatable bonds is 8. The first-order chi connectivity index (χ1) is 19.0. The third-order valence-electron chi connectivity index (χ3n) is 10.7. The molecule has 0 heterocycles. The van der Waals surface area contributed by atoms with E-state index < -0.39 is 29.5 Å². The fourth-order valence-electron chi connectivity index (χ4n) is 8.60. The van der Waals surface area contributed by atoms with E-state index in [2.05, 4.69) is 23.5 Å². The number of amides is 1. The highest BCUT2D eigenvalue weighted by atomic mass is 16.6. The molecule has 0 aromatic heterocycles. The summed E-state index contributed by atoms with van der Waals surface area (Å²) < 4.78 is 0. The number of aliphatic hydroxyl groups excluding tert-OH is 2. The Bertz CT molecular complexity index is 1200. The summed E-state index contributed by atoms with van der Waals surface area (Å²) in [4.78, 5) is 30.2. The lowest BCUT2D eigenvalue weighted by Crippen LogP contribution is -2.62. The number of carbonyl (C=O) groups is 2. The predicted octanol–water partition coefficient (Wildman–Crippen LogP) is 2.65. The van der Waals surface area contributed by atoms with E-state index in [1.807, 2.05) is 19.1 Å². The molecule has 3 saturated carbocycles. The Morgan fingerprint density at radius 2 is 1.88 bits per heavy atom. The van der Waals surface area contributed by atoms with Crippen LogP contribution in [0.1, 0.15) is 64.4 Å². The lowest BCUT2D eigenvalue weighted by molar-refractivity contribution is -0.181. The number of nitrogens with zero attached hydrogens (tertiary/aromatic N) is 1. The zero-order chi connectivity index (χ0) is 28.7. The van der Waals surface area contributed by atoms with Crippen LogP contribution in [0.25, 0.3) is 0 Å². The van der Waals surface area contributed by atoms with Crippen molar-refractivity contribution in [1.82, 2.24) is 5.32 Å². The Morgan fingerprint density at radius 1 is 1.12 bits per heavy atom. The van der Waals surface area contributed by atoms with Crippen LogP contribution in [0.2, 0.25) is 0 Å². The number of allylic oxidation sites excluding steroid dienone is 2. The van der Waals surface area contributed by atoms with Crippen LogP contribution >= 0.6 is 0 Å². The number of aliphatic hydroxyl groups is 3. The van der Waals surface area contributed by atoms with Gasteiger partial charge in [0.2, 0.25) is 0 Å². The van der Waals surface area contributed by atoms with Crippen molar-refractivity contribution in [2.45, 2.75) is 76.9 Å². The first kappa shape index (κ1) is 28.8. The molecule has 9 heteroatoms. The third-order valence-corrected chi connectivity index (χ3v) is 10.7. The molecule has 218 valence electrons. The van der Waals surface area contributed by atoms with Crippen molar-refractivity contribution in [3.63, 3.8) is 0 Å². The molecule has 0 spiro atoms. The van der Waals surface area contributed by atoms with Crippen molar-refractivity contribution >= 4 is 17.4 Å². The van der Waals surface area contributed by atoms with Gasteiger partial charge in [0.1, 0.15) is 18.0 Å². The second-order valence-electron chi connectivity index (χ2n) is 12.7. The first-order valence-corrected chi connectivity index (χ1v) is 14.5. The highest BCUT2D eigenvalue weighted by Crippen LogP contribution is 2.67. The maximum absolute atomic E-state index is 12.6. The second kappa shape index (κ2) is 10.9. The minimum atomic E-state index is -1.59. The van der Waals surface area contributed by atoms with Crippen molar-refractivity contribution in [1.29, 1.82) is 0 Å². The van der Waals surface area contributed by atoms with Gasteiger partial charge in [-0.2, -0.15) is 0 Å². The smallest absolute Gasteiger partial charge is 0.260 e. The molecular weight excluding hydrogens is 512 g/mol. The SMILES string of the molecule is C[C@]12CC/C(=N\OCC(=O)NCCc3ccc(O)cc3)C=C1CC[C@@H]1[C@H]2[C@@H](O)C[C@@]2(C)[C@H]1CC[C@]2(O)C(=O)CO. The van der Waals surface area contributed by atoms with Gasteiger partial charge in [0.25, 0.3) is 5.91 Å². The maximum Gasteiger partial charge on any atom is 0.260 e. The predicted molar refractivity (Wildman–Crippen MR) is 148 cm³/mol. The minimum absolute atomic E-state index is 0.0268. The van der Waals surface area contributed by atoms with Gasteiger partial charge < -0.3 is 30.6 Å². The van der Waals surface area contributed by atoms with E-state index in [4.69, 9.17) is 4.84 Å². The van der Waals surface area contributed by atoms with Gasteiger partial charge in [0.05, 0.1) is 11.8 Å². The molecule has 9 nitrogen and oxygen atoms in total. The molecule has 40 heavy (non-hydrogen) atoms. The summed E-state index contributed by atoms with van der Waals surface area (Å²) in [5, 5.41) is 48.9. The molecule has 4 aliphatic carbocycles. The normalized spacial score (nSPS) is 37.6. The van der Waals surface area contributed by atoms with E-state index in [9.17, 15) is 30.0 Å². The van der Waals surface area contributed by atoms with Crippen molar-refractivity contribution in [2.75, 3.05) is 19.8 Å². The number of benzene rings is 1. The molecule has 1 aromatic rings. The summed E-state index contributed by atoms with van der Waals surface area (Å²) in [5.74, 6) is -0.235. The number of oxime groups is 1. The molecule has 7 atom stereocenters. The molecule has 1 amide bonds. The Morgan fingerprint density at radius 3 is 2.60 bits per heavy atom. The molecule has 3 fully saturated rings. The highest BCUT2D eigenvalue weighted by molar-refractivity contribution is 5.96. The van der Waals surface area contributed by atoms with E-state index in [0.717, 1.165) is 37.0 Å². The summed E-state index contributed by atoms with van der Waals surface area (Å²) in [7, 11) is 0. The quantitative estimate of drug-likeness (QED) is 0.310. The molecule has 5 N–H and O–H groups in total. The van der Waals surface area contributed by atoms with Gasteiger partial charge in [-0.1, -0.05) is 36.7 Å². The zero-order valence-corrected chi connectivity index (χ0v) is 23.4. The molecule has 1 aromatic carbocycles. The fraction of sp³-hybridized carbons (Fsp3) is 0.645. The fourth-order valence-corrected chi connectivity index (χ4v) is 8.60. The molecular formula is C31H42N2O7. The number of phenols is 1. The van der Waals surface area contributed by atoms with Crippen LogP contribution in [0.15, 0.2) is 41.1 Å². The van der Waals surface area contributed by atoms with Crippen LogP contribution in [0.4, 0.5) is 0 Å². The number of ketones is 1. The molecule has 0 radical (unpaired) electrons. The van der Waals surface area contributed by atoms with Gasteiger partial charge in [-0.3, -0.25) is 9.59 Å². The number of fused-ring (bicyclic) bond motifs is 5. The number of carbonyl (C=O) groups excluding carboxylic acids is 2. The molecule has 0 unspecified atom stereocenters. The lowest BCUT2D eigenvalue weighted by atomic mass is 9.45. The molecule has 5 rings (SSSR count). The standard InChI is InChI=1S/C31H42N2O7/c1-29-12-9-21(33-40-18-27(38)32-14-11-19-3-6-22(35)7-4-19)15-20(29)5-8-23-24-10-13-31(39,26(37)17-34)30(24,2)16-25(36)28(23)29/h3-4,6-7,15,23-25,28,34-36,39H,5,8-14,16-18H2,1-2H3,(H,32,38)/b33-21+/t23-,24-,25-,28-,29-,30-,31-/m0/s1. The van der Waals surface area contributed by atoms with E-state index >= 15 is 0 Å². The third kappa shape index (κ3) is 4.86. The number of aromatic hydroxyl groups is 1. The Labute approximate surface area is 235 Å². The summed E-state index contributed by atoms with van der Waals surface area (Å²) in [6, 6.07) is 6.87. The number of hydrogen-bond acceptors (Lipinski definition) is 8. The van der Waals surface area contributed by atoms with E-state index in [1.54, 1.807) is 12.1 Å². The first-order valence-electron chi connectivity index (χ1n) is 14.5. The highest BCUT2D eigenvalue weighted by Gasteiger charge is 2.68. The van der Waals surface area contributed by atoms with Gasteiger partial charge >= 0.3 is 0 Å². The minimum Gasteiger partial charge on any atom is -0.508 e. The van der Waals surface area contributed by atoms with E-state index in [0.29, 0.717) is 32.2 Å². The Hall–Kier alpha value is -2.75. The monoisotopic (exact) mass is 554 g/mol. The average Bonchev–Trinajstić information content (AvgIpc) is 3.20. The van der Waals surface area contributed by atoms with Crippen molar-refractivity contribution in [3.8, 4) is 5.75 Å². The summed E-state index contributed by atoms with van der Waals surface area (Å²) in [5.41, 5.74) is 0.503. The summed E-state index contributed by atoms with van der Waals surface area (Å²) in [6.45, 7) is 3.76.